The highest BCUT2D eigenvalue weighted by molar-refractivity contribution is 7.14. The Morgan fingerprint density at radius 1 is 1.40 bits per heavy atom. The van der Waals surface area contributed by atoms with Crippen LogP contribution in [0.15, 0.2) is 6.07 Å². The Hall–Kier alpha value is -0.670. The molecule has 2 nitrogen and oxygen atoms in total. The number of hydrogen-bond donors (Lipinski definition) is 0. The first-order valence-corrected chi connectivity index (χ1v) is 6.26. The number of rotatable bonds is 3. The van der Waals surface area contributed by atoms with Crippen molar-refractivity contribution in [3.63, 3.8) is 0 Å². The summed E-state index contributed by atoms with van der Waals surface area (Å²) < 4.78 is 4.87. The van der Waals surface area contributed by atoms with Crippen LogP contribution >= 0.6 is 11.3 Å². The van der Waals surface area contributed by atoms with Gasteiger partial charge in [0.15, 0.2) is 5.78 Å². The van der Waals surface area contributed by atoms with Gasteiger partial charge < -0.3 is 4.74 Å². The minimum absolute atomic E-state index is 0.121. The van der Waals surface area contributed by atoms with Crippen LogP contribution in [0.1, 0.15) is 39.4 Å². The lowest BCUT2D eigenvalue weighted by molar-refractivity contribution is 0.0852. The molecule has 1 aliphatic rings. The van der Waals surface area contributed by atoms with E-state index in [0.29, 0.717) is 0 Å². The normalized spacial score (nSPS) is 15.8. The molecule has 0 saturated carbocycles. The predicted octanol–water partition coefficient (Wildman–Crippen LogP) is 2.85. The van der Waals surface area contributed by atoms with E-state index in [1.165, 1.54) is 29.7 Å². The van der Waals surface area contributed by atoms with Gasteiger partial charge in [0.25, 0.3) is 0 Å². The van der Waals surface area contributed by atoms with E-state index in [1.54, 1.807) is 18.4 Å². The van der Waals surface area contributed by atoms with Crippen molar-refractivity contribution in [3.8, 4) is 0 Å². The molecular formula is C12H16O2S. The first-order chi connectivity index (χ1) is 7.31. The maximum Gasteiger partial charge on any atom is 0.198 e. The fourth-order valence-corrected chi connectivity index (χ4v) is 3.18. The van der Waals surface area contributed by atoms with Gasteiger partial charge in [-0.05, 0) is 37.3 Å². The third-order valence-corrected chi connectivity index (χ3v) is 4.07. The Morgan fingerprint density at radius 2 is 2.20 bits per heavy atom. The average molecular weight is 224 g/mol. The van der Waals surface area contributed by atoms with Crippen LogP contribution in [0.25, 0.3) is 0 Å². The minimum atomic E-state index is 0.121. The van der Waals surface area contributed by atoms with Crippen molar-refractivity contribution in [2.75, 3.05) is 13.7 Å². The molecule has 0 saturated heterocycles. The van der Waals surface area contributed by atoms with Gasteiger partial charge in [-0.25, -0.2) is 0 Å². The summed E-state index contributed by atoms with van der Waals surface area (Å²) in [6, 6.07) is 2.08. The second-order valence-electron chi connectivity index (χ2n) is 3.98. The van der Waals surface area contributed by atoms with Crippen LogP contribution in [0.3, 0.4) is 0 Å². The van der Waals surface area contributed by atoms with Crippen molar-refractivity contribution < 1.29 is 9.53 Å². The van der Waals surface area contributed by atoms with Crippen molar-refractivity contribution >= 4 is 17.1 Å². The van der Waals surface area contributed by atoms with Gasteiger partial charge in [0.1, 0.15) is 6.61 Å². The number of fused-ring (bicyclic) bond motifs is 1. The van der Waals surface area contributed by atoms with Crippen LogP contribution in [0.4, 0.5) is 0 Å². The monoisotopic (exact) mass is 224 g/mol. The second-order valence-corrected chi connectivity index (χ2v) is 5.11. The molecule has 1 aliphatic carbocycles. The fraction of sp³-hybridized carbons (Fsp3) is 0.583. The number of carbonyl (C=O) groups excluding carboxylic acids is 1. The molecule has 0 N–H and O–H groups in total. The van der Waals surface area contributed by atoms with Crippen molar-refractivity contribution in [2.45, 2.75) is 32.1 Å². The molecule has 1 aromatic rings. The van der Waals surface area contributed by atoms with Crippen LogP contribution in [-0.2, 0) is 17.6 Å². The summed E-state index contributed by atoms with van der Waals surface area (Å²) in [5.74, 6) is 0.121. The molecule has 0 aliphatic heterocycles. The molecular weight excluding hydrogens is 208 g/mol. The third kappa shape index (κ3) is 2.47. The van der Waals surface area contributed by atoms with Crippen LogP contribution in [-0.4, -0.2) is 19.5 Å². The van der Waals surface area contributed by atoms with Gasteiger partial charge in [0.05, 0.1) is 4.88 Å². The summed E-state index contributed by atoms with van der Waals surface area (Å²) in [7, 11) is 1.57. The Labute approximate surface area is 94.3 Å². The molecule has 1 aromatic heterocycles. The van der Waals surface area contributed by atoms with Gasteiger partial charge in [-0.2, -0.15) is 0 Å². The van der Waals surface area contributed by atoms with Gasteiger partial charge in [0.2, 0.25) is 0 Å². The van der Waals surface area contributed by atoms with Crippen molar-refractivity contribution in [1.29, 1.82) is 0 Å². The number of Topliss-reactive ketones (excluding diaryl/α,β-unsaturated/α-hetero) is 1. The molecule has 82 valence electrons. The molecule has 0 spiro atoms. The van der Waals surface area contributed by atoms with E-state index in [1.807, 2.05) is 0 Å². The zero-order valence-corrected chi connectivity index (χ0v) is 9.86. The summed E-state index contributed by atoms with van der Waals surface area (Å²) in [6.07, 6.45) is 6.15. The lowest BCUT2D eigenvalue weighted by Crippen LogP contribution is -2.04. The molecule has 1 heterocycles. The first kappa shape index (κ1) is 10.8. The van der Waals surface area contributed by atoms with E-state index in [4.69, 9.17) is 4.74 Å². The zero-order chi connectivity index (χ0) is 10.7. The SMILES string of the molecule is COCC(=O)c1cc2c(s1)CCCCC2. The van der Waals surface area contributed by atoms with Crippen LogP contribution in [0, 0.1) is 0 Å². The molecule has 0 fully saturated rings. The predicted molar refractivity (Wildman–Crippen MR) is 61.8 cm³/mol. The summed E-state index contributed by atoms with van der Waals surface area (Å²) in [5, 5.41) is 0. The molecule has 0 amide bonds. The summed E-state index contributed by atoms with van der Waals surface area (Å²) in [4.78, 5) is 13.9. The third-order valence-electron chi connectivity index (χ3n) is 2.80. The molecule has 3 heteroatoms. The highest BCUT2D eigenvalue weighted by Gasteiger charge is 2.15. The topological polar surface area (TPSA) is 26.3 Å². The highest BCUT2D eigenvalue weighted by atomic mass is 32.1. The van der Waals surface area contributed by atoms with Gasteiger partial charge >= 0.3 is 0 Å². The van der Waals surface area contributed by atoms with E-state index in [9.17, 15) is 4.79 Å². The molecule has 0 unspecified atom stereocenters. The number of hydrogen-bond acceptors (Lipinski definition) is 3. The summed E-state index contributed by atoms with van der Waals surface area (Å²) in [6.45, 7) is 0.208. The number of ketones is 1. The number of carbonyl (C=O) groups is 1. The zero-order valence-electron chi connectivity index (χ0n) is 9.04. The minimum Gasteiger partial charge on any atom is -0.376 e. The molecule has 0 radical (unpaired) electrons. The Balaban J connectivity index is 2.18. The fourth-order valence-electron chi connectivity index (χ4n) is 2.01. The number of methoxy groups -OCH3 is 1. The van der Waals surface area contributed by atoms with Crippen molar-refractivity contribution in [1.82, 2.24) is 0 Å². The van der Waals surface area contributed by atoms with E-state index >= 15 is 0 Å². The lowest BCUT2D eigenvalue weighted by Gasteiger charge is -1.95. The summed E-state index contributed by atoms with van der Waals surface area (Å²) >= 11 is 1.67. The first-order valence-electron chi connectivity index (χ1n) is 5.45. The number of ether oxygens (including phenoxy) is 1. The molecule has 0 aromatic carbocycles. The van der Waals surface area contributed by atoms with E-state index in [2.05, 4.69) is 6.07 Å². The van der Waals surface area contributed by atoms with E-state index < -0.39 is 0 Å². The van der Waals surface area contributed by atoms with Crippen LogP contribution in [0.2, 0.25) is 0 Å². The van der Waals surface area contributed by atoms with E-state index in [-0.39, 0.29) is 12.4 Å². The van der Waals surface area contributed by atoms with Gasteiger partial charge in [-0.3, -0.25) is 4.79 Å². The highest BCUT2D eigenvalue weighted by Crippen LogP contribution is 2.29. The largest absolute Gasteiger partial charge is 0.376 e. The molecule has 2 rings (SSSR count). The molecule has 15 heavy (non-hydrogen) atoms. The van der Waals surface area contributed by atoms with Crippen LogP contribution in [0.5, 0.6) is 0 Å². The van der Waals surface area contributed by atoms with E-state index in [0.717, 1.165) is 17.7 Å². The number of aryl methyl sites for hydroxylation is 2. The maximum atomic E-state index is 11.6. The van der Waals surface area contributed by atoms with Crippen molar-refractivity contribution in [3.05, 3.63) is 21.4 Å². The van der Waals surface area contributed by atoms with Gasteiger partial charge in [-0.1, -0.05) is 6.42 Å². The molecule has 0 bridgehead atoms. The standard InChI is InChI=1S/C12H16O2S/c1-14-8-10(13)12-7-9-5-3-2-4-6-11(9)15-12/h7H,2-6,8H2,1H3. The Kier molecular flexibility index (Phi) is 3.54. The molecule has 0 atom stereocenters. The van der Waals surface area contributed by atoms with Gasteiger partial charge in [0, 0.05) is 12.0 Å². The Morgan fingerprint density at radius 3 is 3.00 bits per heavy atom. The van der Waals surface area contributed by atoms with Crippen LogP contribution < -0.4 is 0 Å². The smallest absolute Gasteiger partial charge is 0.198 e. The van der Waals surface area contributed by atoms with Crippen molar-refractivity contribution in [2.24, 2.45) is 0 Å². The lowest BCUT2D eigenvalue weighted by atomic mass is 10.1. The summed E-state index contributed by atoms with van der Waals surface area (Å²) in [5.41, 5.74) is 1.40. The maximum absolute atomic E-state index is 11.6. The quantitative estimate of drug-likeness (QED) is 0.583. The average Bonchev–Trinajstić information content (AvgIpc) is 2.51. The second kappa shape index (κ2) is 4.90. The van der Waals surface area contributed by atoms with Gasteiger partial charge in [-0.15, -0.1) is 11.3 Å². The number of thiophene rings is 1. The Bertz CT molecular complexity index is 331.